The van der Waals surface area contributed by atoms with Crippen molar-refractivity contribution in [3.63, 3.8) is 0 Å². The van der Waals surface area contributed by atoms with Crippen LogP contribution in [0.3, 0.4) is 0 Å². The first-order chi connectivity index (χ1) is 16.2. The molecule has 2 atom stereocenters. The normalized spacial score (nSPS) is 19.7. The number of para-hydroxylation sites is 1. The topological polar surface area (TPSA) is 169 Å². The number of nitrogens with two attached hydrogens (primary N) is 1. The molecule has 34 heavy (non-hydrogen) atoms. The molecule has 0 aliphatic carbocycles. The lowest BCUT2D eigenvalue weighted by molar-refractivity contribution is -0.137. The van der Waals surface area contributed by atoms with Crippen LogP contribution in [0.15, 0.2) is 24.3 Å². The zero-order valence-corrected chi connectivity index (χ0v) is 19.3. The molecule has 0 aromatic heterocycles. The molecular weight excluding hydrogens is 446 g/mol. The van der Waals surface area contributed by atoms with Gasteiger partial charge in [-0.05, 0) is 18.6 Å². The summed E-state index contributed by atoms with van der Waals surface area (Å²) in [7, 11) is 3.03. The molecule has 0 spiro atoms. The monoisotopic (exact) mass is 477 g/mol. The van der Waals surface area contributed by atoms with Crippen molar-refractivity contribution in [2.45, 2.75) is 31.3 Å². The number of methoxy groups -OCH3 is 1. The fourth-order valence-electron chi connectivity index (χ4n) is 3.29. The van der Waals surface area contributed by atoms with Crippen molar-refractivity contribution < 1.29 is 33.4 Å². The average Bonchev–Trinajstić information content (AvgIpc) is 2.79. The van der Waals surface area contributed by atoms with Crippen LogP contribution in [0.1, 0.15) is 29.6 Å². The molecule has 1 aliphatic heterocycles. The second kappa shape index (κ2) is 13.1. The number of ether oxygens (including phenoxy) is 2. The molecule has 5 N–H and O–H groups in total. The van der Waals surface area contributed by atoms with E-state index in [1.165, 1.54) is 25.1 Å². The molecule has 1 heterocycles. The minimum absolute atomic E-state index is 0.0488. The van der Waals surface area contributed by atoms with E-state index in [1.54, 1.807) is 18.2 Å². The predicted molar refractivity (Wildman–Crippen MR) is 121 cm³/mol. The van der Waals surface area contributed by atoms with Crippen LogP contribution in [0, 0.1) is 0 Å². The molecule has 2 rings (SSSR count). The number of carbonyl (C=O) groups excluding carboxylic acids is 5. The van der Waals surface area contributed by atoms with Crippen molar-refractivity contribution in [2.75, 3.05) is 40.5 Å². The van der Waals surface area contributed by atoms with Gasteiger partial charge in [0.15, 0.2) is 0 Å². The van der Waals surface area contributed by atoms with E-state index in [1.807, 2.05) is 0 Å². The molecule has 1 aromatic carbocycles. The molecule has 186 valence electrons. The van der Waals surface area contributed by atoms with Crippen LogP contribution < -0.4 is 26.4 Å². The van der Waals surface area contributed by atoms with Crippen LogP contribution in [-0.2, 0) is 23.9 Å². The Morgan fingerprint density at radius 1 is 1.24 bits per heavy atom. The minimum Gasteiger partial charge on any atom is -0.491 e. The number of carbonyl (C=O) groups is 5. The first kappa shape index (κ1) is 26.6. The maximum Gasteiger partial charge on any atom is 0.255 e. The van der Waals surface area contributed by atoms with Gasteiger partial charge in [0.05, 0.1) is 24.9 Å². The van der Waals surface area contributed by atoms with Crippen LogP contribution in [-0.4, -0.2) is 87.0 Å². The number of likely N-dealkylation sites (N-methyl/N-ethyl adjacent to an activating group) is 1. The summed E-state index contributed by atoms with van der Waals surface area (Å²) in [6.45, 7) is 0.875. The number of hydrogen-bond acceptors (Lipinski definition) is 7. The van der Waals surface area contributed by atoms with Gasteiger partial charge in [-0.1, -0.05) is 12.1 Å². The number of fused-ring (bicyclic) bond motifs is 1. The van der Waals surface area contributed by atoms with E-state index in [0.717, 1.165) is 0 Å². The number of hydrogen-bond donors (Lipinski definition) is 4. The molecule has 1 aliphatic rings. The summed E-state index contributed by atoms with van der Waals surface area (Å²) in [5.41, 5.74) is 5.43. The predicted octanol–water partition coefficient (Wildman–Crippen LogP) is -1.46. The molecule has 0 saturated carbocycles. The maximum atomic E-state index is 13.0. The minimum atomic E-state index is -1.24. The largest absolute Gasteiger partial charge is 0.491 e. The highest BCUT2D eigenvalue weighted by Gasteiger charge is 2.30. The van der Waals surface area contributed by atoms with E-state index in [4.69, 9.17) is 15.2 Å². The van der Waals surface area contributed by atoms with E-state index < -0.39 is 54.5 Å². The van der Waals surface area contributed by atoms with Crippen LogP contribution >= 0.6 is 0 Å². The third kappa shape index (κ3) is 8.03. The number of amides is 5. The molecule has 12 heteroatoms. The van der Waals surface area contributed by atoms with Crippen LogP contribution in [0.25, 0.3) is 0 Å². The molecule has 0 bridgehead atoms. The Balaban J connectivity index is 2.32. The Morgan fingerprint density at radius 2 is 1.97 bits per heavy atom. The first-order valence-electron chi connectivity index (χ1n) is 10.8. The molecule has 0 radical (unpaired) electrons. The Hall–Kier alpha value is -3.67. The quantitative estimate of drug-likeness (QED) is 0.348. The number of benzene rings is 1. The summed E-state index contributed by atoms with van der Waals surface area (Å²) in [6, 6.07) is 3.98. The summed E-state index contributed by atoms with van der Waals surface area (Å²) >= 11 is 0. The number of rotatable bonds is 7. The van der Waals surface area contributed by atoms with Crippen LogP contribution in [0.4, 0.5) is 0 Å². The molecule has 1 aromatic rings. The Kier molecular flexibility index (Phi) is 10.3. The van der Waals surface area contributed by atoms with Gasteiger partial charge in [-0.15, -0.1) is 0 Å². The fraction of sp³-hybridized carbons (Fsp3) is 0.500. The maximum absolute atomic E-state index is 13.0. The van der Waals surface area contributed by atoms with Crippen molar-refractivity contribution in [1.29, 1.82) is 0 Å². The lowest BCUT2D eigenvalue weighted by Gasteiger charge is -2.26. The van der Waals surface area contributed by atoms with E-state index in [2.05, 4.69) is 16.0 Å². The summed E-state index contributed by atoms with van der Waals surface area (Å²) in [6.07, 6.45) is -0.344. The number of nitrogens with one attached hydrogen (secondary N) is 3. The zero-order valence-electron chi connectivity index (χ0n) is 19.3. The Bertz CT molecular complexity index is 907. The highest BCUT2D eigenvalue weighted by atomic mass is 16.5. The van der Waals surface area contributed by atoms with Gasteiger partial charge in [0, 0.05) is 27.3 Å². The molecule has 12 nitrogen and oxygen atoms in total. The standard InChI is InChI=1S/C22H31N5O7/c1-27-9-11-34-17-7-4-3-6-14(17)20(30)26-15(21(31)24-8-5-10-33-2)13-19(29)25-16(22(27)32)12-18(23)28/h3-4,6-7,15-16H,5,8-13H2,1-2H3,(H2,23,28)(H,24,31)(H,25,29)(H,26,30)/t15-,16-/m0/s1. The van der Waals surface area contributed by atoms with Crippen molar-refractivity contribution in [2.24, 2.45) is 5.73 Å². The van der Waals surface area contributed by atoms with E-state index in [0.29, 0.717) is 13.0 Å². The van der Waals surface area contributed by atoms with Gasteiger partial charge < -0.3 is 36.1 Å². The van der Waals surface area contributed by atoms with Gasteiger partial charge >= 0.3 is 0 Å². The smallest absolute Gasteiger partial charge is 0.255 e. The second-order valence-corrected chi connectivity index (χ2v) is 7.76. The summed E-state index contributed by atoms with van der Waals surface area (Å²) in [4.78, 5) is 64.0. The van der Waals surface area contributed by atoms with Crippen molar-refractivity contribution in [3.05, 3.63) is 29.8 Å². The summed E-state index contributed by atoms with van der Waals surface area (Å²) in [5, 5.41) is 7.67. The number of nitrogens with zero attached hydrogens (tertiary/aromatic N) is 1. The average molecular weight is 478 g/mol. The molecule has 5 amide bonds. The van der Waals surface area contributed by atoms with Crippen molar-refractivity contribution in [1.82, 2.24) is 20.9 Å². The van der Waals surface area contributed by atoms with Crippen LogP contribution in [0.5, 0.6) is 5.75 Å². The fourth-order valence-corrected chi connectivity index (χ4v) is 3.29. The Morgan fingerprint density at radius 3 is 2.68 bits per heavy atom. The SMILES string of the molecule is COCCCNC(=O)[C@@H]1CC(=O)N[C@@H](CC(N)=O)C(=O)N(C)CCOc2ccccc2C(=O)N1. The highest BCUT2D eigenvalue weighted by Crippen LogP contribution is 2.18. The third-order valence-electron chi connectivity index (χ3n) is 5.07. The first-order valence-corrected chi connectivity index (χ1v) is 10.8. The van der Waals surface area contributed by atoms with Crippen molar-refractivity contribution >= 4 is 29.5 Å². The lowest BCUT2D eigenvalue weighted by Crippen LogP contribution is -2.53. The van der Waals surface area contributed by atoms with Gasteiger partial charge in [0.2, 0.25) is 23.6 Å². The van der Waals surface area contributed by atoms with E-state index >= 15 is 0 Å². The van der Waals surface area contributed by atoms with Gasteiger partial charge in [-0.25, -0.2) is 0 Å². The second-order valence-electron chi connectivity index (χ2n) is 7.76. The van der Waals surface area contributed by atoms with Gasteiger partial charge in [-0.3, -0.25) is 24.0 Å². The molecule has 0 unspecified atom stereocenters. The molecular formula is C22H31N5O7. The molecule has 0 saturated heterocycles. The summed E-state index contributed by atoms with van der Waals surface area (Å²) < 4.78 is 10.6. The molecule has 0 fully saturated rings. The van der Waals surface area contributed by atoms with Gasteiger partial charge in [0.25, 0.3) is 5.91 Å². The van der Waals surface area contributed by atoms with Crippen molar-refractivity contribution in [3.8, 4) is 5.75 Å². The number of primary amides is 1. The van der Waals surface area contributed by atoms with Gasteiger partial charge in [0.1, 0.15) is 24.4 Å². The Labute approximate surface area is 197 Å². The van der Waals surface area contributed by atoms with Crippen LogP contribution in [0.2, 0.25) is 0 Å². The van der Waals surface area contributed by atoms with Gasteiger partial charge in [-0.2, -0.15) is 0 Å². The van der Waals surface area contributed by atoms with E-state index in [-0.39, 0.29) is 31.0 Å². The lowest BCUT2D eigenvalue weighted by atomic mass is 10.1. The highest BCUT2D eigenvalue weighted by molar-refractivity contribution is 6.01. The summed E-state index contributed by atoms with van der Waals surface area (Å²) in [5.74, 6) is -2.94. The van der Waals surface area contributed by atoms with E-state index in [9.17, 15) is 24.0 Å². The third-order valence-corrected chi connectivity index (χ3v) is 5.07. The zero-order chi connectivity index (χ0) is 25.1.